The van der Waals surface area contributed by atoms with Crippen LogP contribution in [0.1, 0.15) is 56.2 Å². The van der Waals surface area contributed by atoms with E-state index < -0.39 is 0 Å². The normalized spacial score (nSPS) is 20.0. The second-order valence-electron chi connectivity index (χ2n) is 7.77. The van der Waals surface area contributed by atoms with Gasteiger partial charge in [0.15, 0.2) is 5.82 Å². The summed E-state index contributed by atoms with van der Waals surface area (Å²) in [5, 5.41) is 9.27. The largest absolute Gasteiger partial charge is 0.371 e. The Morgan fingerprint density at radius 1 is 1.27 bits per heavy atom. The van der Waals surface area contributed by atoms with E-state index in [2.05, 4.69) is 51.0 Å². The van der Waals surface area contributed by atoms with Crippen molar-refractivity contribution in [2.45, 2.75) is 64.6 Å². The number of halogens is 1. The third-order valence-corrected chi connectivity index (χ3v) is 5.85. The van der Waals surface area contributed by atoms with Crippen LogP contribution in [0.25, 0.3) is 0 Å². The van der Waals surface area contributed by atoms with E-state index in [0.717, 1.165) is 55.7 Å². The maximum absolute atomic E-state index is 6.55. The van der Waals surface area contributed by atoms with Gasteiger partial charge in [-0.25, -0.2) is 9.67 Å². The number of hydrogen-bond donors (Lipinski definition) is 1. The second-order valence-corrected chi connectivity index (χ2v) is 8.18. The number of fused-ring (bicyclic) bond motifs is 1. The third-order valence-electron chi connectivity index (χ3n) is 5.50. The van der Waals surface area contributed by atoms with Gasteiger partial charge in [0.1, 0.15) is 5.82 Å². The molecule has 3 heterocycles. The lowest BCUT2D eigenvalue weighted by Crippen LogP contribution is -2.37. The molecule has 0 aliphatic carbocycles. The number of nitrogens with zero attached hydrogens (tertiary/aromatic N) is 4. The first kappa shape index (κ1) is 17.8. The van der Waals surface area contributed by atoms with Crippen molar-refractivity contribution in [1.82, 2.24) is 20.1 Å². The second kappa shape index (κ2) is 7.57. The standard InChI is InChI=1S/C20H28ClN5/c1-14(2)20-23-19-9-8-15(13-26(19)24-20)22-12-16-17(21)6-5-7-18(16)25-10-3-4-11-25/h5-7,14-15,22H,3-4,8-13H2,1-2H3/t15-/m1/s1. The zero-order valence-electron chi connectivity index (χ0n) is 15.7. The molecule has 1 aromatic carbocycles. The topological polar surface area (TPSA) is 46.0 Å². The molecule has 1 N–H and O–H groups in total. The first-order valence-corrected chi connectivity index (χ1v) is 10.2. The molecule has 26 heavy (non-hydrogen) atoms. The van der Waals surface area contributed by atoms with Crippen LogP contribution in [0, 0.1) is 0 Å². The summed E-state index contributed by atoms with van der Waals surface area (Å²) in [6.45, 7) is 8.26. The smallest absolute Gasteiger partial charge is 0.153 e. The van der Waals surface area contributed by atoms with Crippen molar-refractivity contribution in [3.63, 3.8) is 0 Å². The minimum atomic E-state index is 0.380. The molecule has 0 amide bonds. The lowest BCUT2D eigenvalue weighted by molar-refractivity contribution is 0.357. The molecule has 1 atom stereocenters. The summed E-state index contributed by atoms with van der Waals surface area (Å²) in [5.41, 5.74) is 2.52. The van der Waals surface area contributed by atoms with E-state index in [-0.39, 0.29) is 0 Å². The fourth-order valence-corrected chi connectivity index (χ4v) is 4.20. The minimum Gasteiger partial charge on any atom is -0.371 e. The van der Waals surface area contributed by atoms with Gasteiger partial charge in [-0.1, -0.05) is 31.5 Å². The van der Waals surface area contributed by atoms with Crippen molar-refractivity contribution in [2.75, 3.05) is 18.0 Å². The van der Waals surface area contributed by atoms with Gasteiger partial charge in [-0.3, -0.25) is 0 Å². The van der Waals surface area contributed by atoms with Crippen LogP contribution in [-0.4, -0.2) is 33.9 Å². The van der Waals surface area contributed by atoms with Crippen LogP contribution >= 0.6 is 11.6 Å². The number of aryl methyl sites for hydroxylation is 1. The number of nitrogens with one attached hydrogen (secondary N) is 1. The molecule has 140 valence electrons. The maximum Gasteiger partial charge on any atom is 0.153 e. The molecule has 2 aliphatic rings. The van der Waals surface area contributed by atoms with E-state index in [0.29, 0.717) is 12.0 Å². The van der Waals surface area contributed by atoms with Crippen molar-refractivity contribution in [3.05, 3.63) is 40.4 Å². The summed E-state index contributed by atoms with van der Waals surface area (Å²) in [7, 11) is 0. The summed E-state index contributed by atoms with van der Waals surface area (Å²) in [6.07, 6.45) is 4.63. The van der Waals surface area contributed by atoms with Crippen molar-refractivity contribution in [1.29, 1.82) is 0 Å². The Hall–Kier alpha value is -1.59. The van der Waals surface area contributed by atoms with E-state index in [1.165, 1.54) is 24.1 Å². The minimum absolute atomic E-state index is 0.380. The summed E-state index contributed by atoms with van der Waals surface area (Å²) in [4.78, 5) is 7.15. The average Bonchev–Trinajstić information content (AvgIpc) is 3.29. The van der Waals surface area contributed by atoms with E-state index in [9.17, 15) is 0 Å². The average molecular weight is 374 g/mol. The van der Waals surface area contributed by atoms with Gasteiger partial charge in [-0.2, -0.15) is 5.10 Å². The SMILES string of the molecule is CC(C)c1nc2n(n1)C[C@H](NCc1c(Cl)cccc1N1CCCC1)CC2. The predicted molar refractivity (Wildman–Crippen MR) is 106 cm³/mol. The molecule has 0 spiro atoms. The van der Waals surface area contributed by atoms with Gasteiger partial charge in [0.25, 0.3) is 0 Å². The zero-order chi connectivity index (χ0) is 18.1. The summed E-state index contributed by atoms with van der Waals surface area (Å²) < 4.78 is 2.09. The fourth-order valence-electron chi connectivity index (χ4n) is 3.96. The molecule has 4 rings (SSSR count). The number of hydrogen-bond acceptors (Lipinski definition) is 4. The Labute approximate surface area is 160 Å². The Kier molecular flexibility index (Phi) is 5.18. The van der Waals surface area contributed by atoms with Crippen LogP contribution in [0.5, 0.6) is 0 Å². The van der Waals surface area contributed by atoms with Crippen molar-refractivity contribution < 1.29 is 0 Å². The van der Waals surface area contributed by atoms with Crippen LogP contribution in [-0.2, 0) is 19.5 Å². The predicted octanol–water partition coefficient (Wildman–Crippen LogP) is 3.76. The first-order chi connectivity index (χ1) is 12.6. The molecule has 0 unspecified atom stereocenters. The summed E-state index contributed by atoms with van der Waals surface area (Å²) in [6, 6.07) is 6.69. The van der Waals surface area contributed by atoms with Gasteiger partial charge in [-0.15, -0.1) is 0 Å². The highest BCUT2D eigenvalue weighted by molar-refractivity contribution is 6.31. The van der Waals surface area contributed by atoms with Crippen LogP contribution in [0.15, 0.2) is 18.2 Å². The van der Waals surface area contributed by atoms with Crippen molar-refractivity contribution in [3.8, 4) is 0 Å². The zero-order valence-corrected chi connectivity index (χ0v) is 16.5. The van der Waals surface area contributed by atoms with Gasteiger partial charge >= 0.3 is 0 Å². The van der Waals surface area contributed by atoms with E-state index >= 15 is 0 Å². The van der Waals surface area contributed by atoms with E-state index in [1.54, 1.807) is 0 Å². The number of rotatable bonds is 5. The van der Waals surface area contributed by atoms with Gasteiger partial charge in [-0.05, 0) is 31.4 Å². The monoisotopic (exact) mass is 373 g/mol. The van der Waals surface area contributed by atoms with Crippen molar-refractivity contribution in [2.24, 2.45) is 0 Å². The van der Waals surface area contributed by atoms with Crippen molar-refractivity contribution >= 4 is 17.3 Å². The third kappa shape index (κ3) is 3.60. The highest BCUT2D eigenvalue weighted by Gasteiger charge is 2.23. The van der Waals surface area contributed by atoms with Gasteiger partial charge in [0, 0.05) is 54.3 Å². The molecular formula is C20H28ClN5. The molecule has 1 aromatic heterocycles. The number of benzene rings is 1. The van der Waals surface area contributed by atoms with Gasteiger partial charge in [0.05, 0.1) is 6.54 Å². The molecule has 1 fully saturated rings. The quantitative estimate of drug-likeness (QED) is 0.866. The Bertz CT molecular complexity index is 764. The Balaban J connectivity index is 1.45. The van der Waals surface area contributed by atoms with Crippen LogP contribution < -0.4 is 10.2 Å². The Morgan fingerprint density at radius 3 is 2.85 bits per heavy atom. The number of anilines is 1. The number of aromatic nitrogens is 3. The van der Waals surface area contributed by atoms with Gasteiger partial charge < -0.3 is 10.2 Å². The lowest BCUT2D eigenvalue weighted by Gasteiger charge is -2.26. The molecule has 0 bridgehead atoms. The molecule has 2 aromatic rings. The fraction of sp³-hybridized carbons (Fsp3) is 0.600. The molecule has 6 heteroatoms. The van der Waals surface area contributed by atoms with E-state index in [4.69, 9.17) is 11.6 Å². The molecule has 1 saturated heterocycles. The highest BCUT2D eigenvalue weighted by atomic mass is 35.5. The summed E-state index contributed by atoms with van der Waals surface area (Å²) in [5.74, 6) is 2.47. The summed E-state index contributed by atoms with van der Waals surface area (Å²) >= 11 is 6.55. The van der Waals surface area contributed by atoms with Crippen LogP contribution in [0.2, 0.25) is 5.02 Å². The van der Waals surface area contributed by atoms with Gasteiger partial charge in [0.2, 0.25) is 0 Å². The van der Waals surface area contributed by atoms with E-state index in [1.807, 2.05) is 6.07 Å². The lowest BCUT2D eigenvalue weighted by atomic mass is 10.1. The maximum atomic E-state index is 6.55. The van der Waals surface area contributed by atoms with Crippen LogP contribution in [0.4, 0.5) is 5.69 Å². The molecule has 5 nitrogen and oxygen atoms in total. The molecule has 2 aliphatic heterocycles. The molecule has 0 saturated carbocycles. The van der Waals surface area contributed by atoms with Crippen LogP contribution in [0.3, 0.4) is 0 Å². The highest BCUT2D eigenvalue weighted by Crippen LogP contribution is 2.30. The Morgan fingerprint density at radius 2 is 2.08 bits per heavy atom. The molecular weight excluding hydrogens is 346 g/mol. The molecule has 0 radical (unpaired) electrons. The first-order valence-electron chi connectivity index (χ1n) is 9.81.